The fourth-order valence-electron chi connectivity index (χ4n) is 4.71. The van der Waals surface area contributed by atoms with E-state index in [1.165, 1.54) is 11.3 Å². The van der Waals surface area contributed by atoms with Crippen LogP contribution in [-0.4, -0.2) is 77.6 Å². The van der Waals surface area contributed by atoms with Gasteiger partial charge in [0, 0.05) is 29.7 Å². The van der Waals surface area contributed by atoms with Crippen LogP contribution < -0.4 is 20.7 Å². The van der Waals surface area contributed by atoms with Crippen molar-refractivity contribution in [1.82, 2.24) is 15.5 Å². The number of urea groups is 1. The second kappa shape index (κ2) is 13.6. The van der Waals surface area contributed by atoms with E-state index >= 15 is 0 Å². The first-order valence-corrected chi connectivity index (χ1v) is 14.4. The van der Waals surface area contributed by atoms with Gasteiger partial charge in [0.15, 0.2) is 0 Å². The van der Waals surface area contributed by atoms with Crippen molar-refractivity contribution < 1.29 is 42.2 Å². The third kappa shape index (κ3) is 7.50. The first-order valence-electron chi connectivity index (χ1n) is 13.6. The minimum Gasteiger partial charge on any atom is -0.484 e. The Balaban J connectivity index is 0.000000591. The number of piperidine rings is 1. The summed E-state index contributed by atoms with van der Waals surface area (Å²) in [6.45, 7) is 3.00. The maximum atomic E-state index is 13.7. The molecule has 5 rings (SSSR count). The van der Waals surface area contributed by atoms with Gasteiger partial charge in [-0.05, 0) is 38.0 Å². The Hall–Kier alpha value is -5.17. The molecule has 2 aliphatic rings. The number of benzene rings is 2. The molecule has 0 radical (unpaired) electrons. The number of alkyl halides is 3. The number of hydrogen-bond donors (Lipinski definition) is 4. The van der Waals surface area contributed by atoms with Gasteiger partial charge in [0.25, 0.3) is 11.8 Å². The highest BCUT2D eigenvalue weighted by molar-refractivity contribution is 7.23. The molecule has 0 unspecified atom stereocenters. The maximum Gasteiger partial charge on any atom is 0.490 e. The molecule has 2 aliphatic heterocycles. The number of ether oxygens (including phenoxy) is 1. The number of anilines is 1. The molecule has 0 bridgehead atoms. The highest BCUT2D eigenvalue weighted by Crippen LogP contribution is 2.38. The molecule has 4 amide bonds. The summed E-state index contributed by atoms with van der Waals surface area (Å²) < 4.78 is 38.4. The Bertz CT molecular complexity index is 1690. The number of fused-ring (bicyclic) bond motifs is 1. The Morgan fingerprint density at radius 2 is 1.80 bits per heavy atom. The lowest BCUT2D eigenvalue weighted by Crippen LogP contribution is -2.50. The topological polar surface area (TPSA) is 173 Å². The minimum atomic E-state index is -5.08. The van der Waals surface area contributed by atoms with Gasteiger partial charge in [-0.25, -0.2) is 9.59 Å². The van der Waals surface area contributed by atoms with Gasteiger partial charge in [-0.3, -0.25) is 19.9 Å². The molecule has 0 saturated carbocycles. The summed E-state index contributed by atoms with van der Waals surface area (Å²) in [7, 11) is 0. The Kier molecular flexibility index (Phi) is 9.92. The van der Waals surface area contributed by atoms with Gasteiger partial charge in [-0.2, -0.15) is 18.4 Å². The molecule has 3 heterocycles. The van der Waals surface area contributed by atoms with E-state index in [0.29, 0.717) is 60.2 Å². The van der Waals surface area contributed by atoms with Crippen LogP contribution in [0, 0.1) is 11.3 Å². The van der Waals surface area contributed by atoms with E-state index in [-0.39, 0.29) is 24.5 Å². The zero-order valence-corrected chi connectivity index (χ0v) is 24.6. The van der Waals surface area contributed by atoms with E-state index in [1.54, 1.807) is 29.2 Å². The summed E-state index contributed by atoms with van der Waals surface area (Å²) in [6, 6.07) is 16.1. The lowest BCUT2D eigenvalue weighted by molar-refractivity contribution is -0.192. The highest BCUT2D eigenvalue weighted by atomic mass is 32.1. The van der Waals surface area contributed by atoms with E-state index in [0.717, 1.165) is 10.1 Å². The number of amides is 4. The summed E-state index contributed by atoms with van der Waals surface area (Å²) in [6.07, 6.45) is -4.35. The predicted octanol–water partition coefficient (Wildman–Crippen LogP) is 4.13. The number of halogens is 3. The van der Waals surface area contributed by atoms with Crippen LogP contribution in [0.25, 0.3) is 10.1 Å². The van der Waals surface area contributed by atoms with Crippen molar-refractivity contribution >= 4 is 56.1 Å². The summed E-state index contributed by atoms with van der Waals surface area (Å²) in [5.74, 6) is -2.33. The molecular formula is C29H27F3N6O6S. The van der Waals surface area contributed by atoms with Gasteiger partial charge in [-0.1, -0.05) is 30.3 Å². The number of carbonyl (C=O) groups is 4. The number of nitrogens with one attached hydrogen (secondary N) is 3. The lowest BCUT2D eigenvalue weighted by Gasteiger charge is -2.35. The van der Waals surface area contributed by atoms with Crippen LogP contribution in [0.4, 0.5) is 23.0 Å². The number of aliphatic carboxylic acids is 1. The van der Waals surface area contributed by atoms with E-state index in [1.807, 2.05) is 31.2 Å². The number of carbonyl (C=O) groups excluding carboxylic acids is 3. The second-order valence-corrected chi connectivity index (χ2v) is 10.9. The molecule has 0 aliphatic carbocycles. The summed E-state index contributed by atoms with van der Waals surface area (Å²) in [5, 5.41) is 26.0. The number of carboxylic acids is 1. The number of nitriles is 1. The molecule has 2 aromatic carbocycles. The van der Waals surface area contributed by atoms with Crippen molar-refractivity contribution in [3.8, 4) is 11.8 Å². The SMILES string of the molecule is CCNC(=O)Nc1sc2ccccc2c1C(=O)N1CCC2(CC1)N=C(COc1ccccc1C#N)NC2=O.O=C(O)C(F)(F)F. The van der Waals surface area contributed by atoms with Crippen molar-refractivity contribution in [3.05, 3.63) is 59.7 Å². The standard InChI is InChI=1S/C27H26N6O4S.C2HF3O2/c1-2-29-26(36)31-23-22(18-8-4-6-10-20(18)38-23)24(34)33-13-11-27(12-14-33)25(35)30-21(32-27)16-37-19-9-5-3-7-17(19)15-28;3-2(4,5)1(6)7/h3-10H,2,11-14,16H2,1H3,(H2,29,31,36)(H,30,32,35);(H,6,7). The van der Waals surface area contributed by atoms with E-state index in [2.05, 4.69) is 27.0 Å². The quantitative estimate of drug-likeness (QED) is 0.312. The number of rotatable bonds is 6. The first-order chi connectivity index (χ1) is 21.4. The monoisotopic (exact) mass is 644 g/mol. The van der Waals surface area contributed by atoms with Crippen molar-refractivity contribution in [2.45, 2.75) is 31.5 Å². The zero-order chi connectivity index (χ0) is 32.8. The number of amidine groups is 1. The van der Waals surface area contributed by atoms with Crippen molar-refractivity contribution in [2.75, 3.05) is 31.6 Å². The van der Waals surface area contributed by atoms with Crippen molar-refractivity contribution in [1.29, 1.82) is 5.26 Å². The normalized spacial score (nSPS) is 15.3. The predicted molar refractivity (Wildman–Crippen MR) is 158 cm³/mol. The Labute approximate surface area is 258 Å². The fourth-order valence-corrected chi connectivity index (χ4v) is 5.80. The number of thiophene rings is 1. The molecule has 3 aromatic rings. The summed E-state index contributed by atoms with van der Waals surface area (Å²) >= 11 is 1.36. The maximum absolute atomic E-state index is 13.7. The van der Waals surface area contributed by atoms with Crippen LogP contribution in [0.2, 0.25) is 0 Å². The molecule has 236 valence electrons. The number of hydrogen-bond acceptors (Lipinski definition) is 8. The van der Waals surface area contributed by atoms with Crippen LogP contribution >= 0.6 is 11.3 Å². The van der Waals surface area contributed by atoms with E-state index < -0.39 is 17.7 Å². The molecule has 1 saturated heterocycles. The van der Waals surface area contributed by atoms with Gasteiger partial charge in [-0.15, -0.1) is 11.3 Å². The molecule has 1 spiro atoms. The highest BCUT2D eigenvalue weighted by Gasteiger charge is 2.47. The molecule has 4 N–H and O–H groups in total. The van der Waals surface area contributed by atoms with Crippen LogP contribution in [0.5, 0.6) is 5.75 Å². The minimum absolute atomic E-state index is 0.0323. The molecule has 12 nitrogen and oxygen atoms in total. The number of carboxylic acid groups (broad SMARTS) is 1. The van der Waals surface area contributed by atoms with Gasteiger partial charge >= 0.3 is 18.2 Å². The Morgan fingerprint density at radius 1 is 1.16 bits per heavy atom. The largest absolute Gasteiger partial charge is 0.490 e. The molecular weight excluding hydrogens is 617 g/mol. The van der Waals surface area contributed by atoms with Crippen molar-refractivity contribution in [3.63, 3.8) is 0 Å². The van der Waals surface area contributed by atoms with Gasteiger partial charge in [0.1, 0.15) is 34.8 Å². The smallest absolute Gasteiger partial charge is 0.484 e. The third-order valence-electron chi connectivity index (χ3n) is 6.90. The first kappa shape index (κ1) is 32.7. The van der Waals surface area contributed by atoms with E-state index in [4.69, 9.17) is 14.6 Å². The van der Waals surface area contributed by atoms with Crippen LogP contribution in [0.15, 0.2) is 53.5 Å². The zero-order valence-electron chi connectivity index (χ0n) is 23.7. The molecule has 45 heavy (non-hydrogen) atoms. The van der Waals surface area contributed by atoms with Gasteiger partial charge < -0.3 is 25.4 Å². The van der Waals surface area contributed by atoms with Gasteiger partial charge in [0.05, 0.1) is 11.1 Å². The van der Waals surface area contributed by atoms with Crippen LogP contribution in [0.3, 0.4) is 0 Å². The van der Waals surface area contributed by atoms with Crippen LogP contribution in [0.1, 0.15) is 35.7 Å². The molecule has 0 atom stereocenters. The summed E-state index contributed by atoms with van der Waals surface area (Å²) in [5.41, 5.74) is -0.0957. The average Bonchev–Trinajstić information content (AvgIpc) is 3.52. The van der Waals surface area contributed by atoms with Crippen LogP contribution in [-0.2, 0) is 9.59 Å². The van der Waals surface area contributed by atoms with Gasteiger partial charge in [0.2, 0.25) is 0 Å². The lowest BCUT2D eigenvalue weighted by atomic mass is 9.87. The number of likely N-dealkylation sites (tertiary alicyclic amines) is 1. The van der Waals surface area contributed by atoms with Crippen molar-refractivity contribution in [2.24, 2.45) is 4.99 Å². The molecule has 16 heteroatoms. The Morgan fingerprint density at radius 3 is 2.44 bits per heavy atom. The average molecular weight is 645 g/mol. The second-order valence-electron chi connectivity index (χ2n) is 9.82. The van der Waals surface area contributed by atoms with E-state index in [9.17, 15) is 32.8 Å². The number of aliphatic imine (C=N–C) groups is 1. The summed E-state index contributed by atoms with van der Waals surface area (Å²) in [4.78, 5) is 54.1. The molecule has 1 aromatic heterocycles. The fraction of sp³-hybridized carbons (Fsp3) is 0.310. The molecule has 1 fully saturated rings. The number of para-hydroxylation sites is 1. The third-order valence-corrected chi connectivity index (χ3v) is 7.98. The number of nitrogens with zero attached hydrogens (tertiary/aromatic N) is 3.